The van der Waals surface area contributed by atoms with Crippen LogP contribution in [0, 0.1) is 13.8 Å². The topological polar surface area (TPSA) is 94.6 Å². The molecule has 6 rings (SSSR count). The number of nitrogens with two attached hydrogens (primary N) is 1. The van der Waals surface area contributed by atoms with E-state index in [4.69, 9.17) is 20.3 Å². The Labute approximate surface area is 286 Å². The smallest absolute Gasteiger partial charge is 0.241 e. The molecule has 1 aliphatic carbocycles. The maximum atomic E-state index is 13.4. The van der Waals surface area contributed by atoms with E-state index in [2.05, 4.69) is 79.2 Å². The lowest BCUT2D eigenvalue weighted by Gasteiger charge is -2.26. The van der Waals surface area contributed by atoms with Crippen molar-refractivity contribution in [3.63, 3.8) is 0 Å². The van der Waals surface area contributed by atoms with E-state index in [-0.39, 0.29) is 11.8 Å². The first-order valence-electron chi connectivity index (χ1n) is 17.4. The normalized spacial score (nSPS) is 17.3. The first-order valence-corrected chi connectivity index (χ1v) is 21.1. The molecule has 254 valence electrons. The van der Waals surface area contributed by atoms with Gasteiger partial charge in [-0.15, -0.1) is 0 Å². The Kier molecular flexibility index (Phi) is 10.6. The minimum absolute atomic E-state index is 0.0242. The van der Waals surface area contributed by atoms with Gasteiger partial charge < -0.3 is 20.5 Å². The van der Waals surface area contributed by atoms with Crippen LogP contribution in [0.15, 0.2) is 66.7 Å². The number of nitrogens with one attached hydrogen (secondary N) is 1. The van der Waals surface area contributed by atoms with Gasteiger partial charge in [0.05, 0.1) is 24.9 Å². The number of anilines is 1. The number of carbonyl (C=O) groups is 1. The second kappa shape index (κ2) is 14.9. The molecular weight excluding hydrogens is 615 g/mol. The zero-order valence-corrected chi connectivity index (χ0v) is 30.2. The lowest BCUT2D eigenvalue weighted by Crippen LogP contribution is -2.40. The minimum Gasteiger partial charge on any atom is -0.379 e. The minimum atomic E-state index is -1.13. The van der Waals surface area contributed by atoms with Gasteiger partial charge in [-0.05, 0) is 78.2 Å². The Hall–Kier alpha value is -3.60. The summed E-state index contributed by atoms with van der Waals surface area (Å²) in [4.78, 5) is 15.9. The highest BCUT2D eigenvalue weighted by molar-refractivity contribution is 6.76. The summed E-state index contributed by atoms with van der Waals surface area (Å²) in [6, 6.07) is 24.0. The van der Waals surface area contributed by atoms with Gasteiger partial charge in [0.25, 0.3) is 0 Å². The van der Waals surface area contributed by atoms with Gasteiger partial charge in [-0.2, -0.15) is 5.10 Å². The molecule has 9 heteroatoms. The molecule has 48 heavy (non-hydrogen) atoms. The van der Waals surface area contributed by atoms with Crippen LogP contribution in [0.2, 0.25) is 25.7 Å². The molecule has 2 atom stereocenters. The average molecular weight is 666 g/mol. The highest BCUT2D eigenvalue weighted by Gasteiger charge is 2.32. The number of benzene rings is 3. The van der Waals surface area contributed by atoms with Crippen LogP contribution in [0.5, 0.6) is 0 Å². The molecule has 2 heterocycles. The SMILES string of the molecule is Cc1nn(COCC[Si](C)(C)C)c(C)c1-c1ccc(NC(=O)[C@@H](N)[C@@H]2CCc3ccc(-c4ccc(CN5CCOCC5)cc4)cc32)cc1. The first-order chi connectivity index (χ1) is 23.1. The van der Waals surface area contributed by atoms with Crippen LogP contribution >= 0.6 is 0 Å². The molecule has 0 unspecified atom stereocenters. The number of morpholine rings is 1. The van der Waals surface area contributed by atoms with Crippen molar-refractivity contribution in [2.45, 2.75) is 77.6 Å². The predicted octanol–water partition coefficient (Wildman–Crippen LogP) is 6.97. The summed E-state index contributed by atoms with van der Waals surface area (Å²) in [6.07, 6.45) is 1.80. The van der Waals surface area contributed by atoms with E-state index in [1.54, 1.807) is 0 Å². The molecule has 0 spiro atoms. The highest BCUT2D eigenvalue weighted by atomic mass is 28.3. The third-order valence-electron chi connectivity index (χ3n) is 9.84. The fourth-order valence-electron chi connectivity index (χ4n) is 6.91. The van der Waals surface area contributed by atoms with E-state index in [1.807, 2.05) is 35.9 Å². The second-order valence-corrected chi connectivity index (χ2v) is 20.3. The third kappa shape index (κ3) is 8.15. The number of hydrogen-bond acceptors (Lipinski definition) is 6. The van der Waals surface area contributed by atoms with Crippen LogP contribution in [0.25, 0.3) is 22.3 Å². The number of nitrogens with zero attached hydrogens (tertiary/aromatic N) is 3. The molecule has 1 saturated heterocycles. The highest BCUT2D eigenvalue weighted by Crippen LogP contribution is 2.38. The van der Waals surface area contributed by atoms with Crippen LogP contribution in [0.1, 0.15) is 40.4 Å². The van der Waals surface area contributed by atoms with Crippen molar-refractivity contribution < 1.29 is 14.3 Å². The van der Waals surface area contributed by atoms with Crippen LogP contribution in [-0.4, -0.2) is 67.6 Å². The van der Waals surface area contributed by atoms with Crippen LogP contribution in [0.3, 0.4) is 0 Å². The Balaban J connectivity index is 1.08. The molecule has 0 radical (unpaired) electrons. The van der Waals surface area contributed by atoms with Crippen LogP contribution in [-0.2, 0) is 34.0 Å². The Morgan fingerprint density at radius 2 is 1.69 bits per heavy atom. The van der Waals surface area contributed by atoms with Gasteiger partial charge in [0.15, 0.2) is 0 Å². The maximum Gasteiger partial charge on any atom is 0.241 e. The van der Waals surface area contributed by atoms with Gasteiger partial charge in [0, 0.05) is 57.2 Å². The molecule has 8 nitrogen and oxygen atoms in total. The number of rotatable bonds is 12. The van der Waals surface area contributed by atoms with Crippen molar-refractivity contribution in [1.29, 1.82) is 0 Å². The second-order valence-electron chi connectivity index (χ2n) is 14.6. The summed E-state index contributed by atoms with van der Waals surface area (Å²) in [7, 11) is -1.13. The zero-order chi connectivity index (χ0) is 33.8. The van der Waals surface area contributed by atoms with Crippen molar-refractivity contribution in [1.82, 2.24) is 14.7 Å². The van der Waals surface area contributed by atoms with Gasteiger partial charge in [-0.3, -0.25) is 9.69 Å². The third-order valence-corrected chi connectivity index (χ3v) is 11.5. The van der Waals surface area contributed by atoms with Crippen molar-refractivity contribution in [3.8, 4) is 22.3 Å². The van der Waals surface area contributed by atoms with Crippen molar-refractivity contribution in [3.05, 3.63) is 94.8 Å². The van der Waals surface area contributed by atoms with E-state index in [9.17, 15) is 4.79 Å². The first kappa shape index (κ1) is 34.3. The number of hydrogen-bond donors (Lipinski definition) is 2. The monoisotopic (exact) mass is 665 g/mol. The average Bonchev–Trinajstić information content (AvgIpc) is 3.62. The standard InChI is InChI=1S/C39H51N5O3Si/c1-27-37(28(2)44(42-27)26-47-22-23-48(3,4)5)32-12-15-34(16-13-32)41-39(45)38(40)35-17-14-31-10-11-33(24-36(31)35)30-8-6-29(7-9-30)25-43-18-20-46-21-19-43/h6-13,15-16,24,35,38H,14,17-23,25-26,40H2,1-5H3,(H,41,45)/t35-,38+/m1/s1. The Morgan fingerprint density at radius 1 is 1.00 bits per heavy atom. The van der Waals surface area contributed by atoms with Crippen LogP contribution in [0.4, 0.5) is 5.69 Å². The quantitative estimate of drug-likeness (QED) is 0.125. The summed E-state index contributed by atoms with van der Waals surface area (Å²) in [5, 5.41) is 7.82. The molecule has 3 aromatic carbocycles. The fourth-order valence-corrected chi connectivity index (χ4v) is 7.66. The number of fused-ring (bicyclic) bond motifs is 1. The number of ether oxygens (including phenoxy) is 2. The van der Waals surface area contributed by atoms with Gasteiger partial charge >= 0.3 is 0 Å². The van der Waals surface area contributed by atoms with E-state index in [0.29, 0.717) is 6.73 Å². The summed E-state index contributed by atoms with van der Waals surface area (Å²) in [5.74, 6) is -0.182. The van der Waals surface area contributed by atoms with Crippen molar-refractivity contribution in [2.75, 3.05) is 38.2 Å². The predicted molar refractivity (Wildman–Crippen MR) is 197 cm³/mol. The lowest BCUT2D eigenvalue weighted by atomic mass is 9.90. The van der Waals surface area contributed by atoms with Crippen molar-refractivity contribution in [2.24, 2.45) is 5.73 Å². The largest absolute Gasteiger partial charge is 0.379 e. The molecule has 1 aliphatic heterocycles. The molecular formula is C39H51N5O3Si. The number of aromatic nitrogens is 2. The summed E-state index contributed by atoms with van der Waals surface area (Å²) in [5.41, 5.74) is 17.7. The molecule has 1 amide bonds. The zero-order valence-electron chi connectivity index (χ0n) is 29.2. The van der Waals surface area contributed by atoms with Gasteiger partial charge in [-0.25, -0.2) is 4.68 Å². The maximum absolute atomic E-state index is 13.4. The van der Waals surface area contributed by atoms with Gasteiger partial charge in [0.1, 0.15) is 6.73 Å². The molecule has 1 aromatic heterocycles. The van der Waals surface area contributed by atoms with Crippen molar-refractivity contribution >= 4 is 19.7 Å². The van der Waals surface area contributed by atoms with Gasteiger partial charge in [0.2, 0.25) is 5.91 Å². The lowest BCUT2D eigenvalue weighted by molar-refractivity contribution is -0.117. The van der Waals surface area contributed by atoms with E-state index < -0.39 is 14.1 Å². The number of aryl methyl sites for hydroxylation is 2. The molecule has 3 N–H and O–H groups in total. The number of carbonyl (C=O) groups excluding carboxylic acids is 1. The number of amides is 1. The Bertz CT molecular complexity index is 1710. The molecule has 4 aromatic rings. The van der Waals surface area contributed by atoms with E-state index in [1.165, 1.54) is 22.3 Å². The Morgan fingerprint density at radius 3 is 2.40 bits per heavy atom. The molecule has 0 bridgehead atoms. The molecule has 1 fully saturated rings. The van der Waals surface area contributed by atoms with Gasteiger partial charge in [-0.1, -0.05) is 74.2 Å². The summed E-state index contributed by atoms with van der Waals surface area (Å²) in [6.45, 7) is 16.9. The van der Waals surface area contributed by atoms with Crippen LogP contribution < -0.4 is 11.1 Å². The molecule has 0 saturated carbocycles. The summed E-state index contributed by atoms with van der Waals surface area (Å²) < 4.78 is 13.4. The summed E-state index contributed by atoms with van der Waals surface area (Å²) >= 11 is 0. The molecule has 2 aliphatic rings. The van der Waals surface area contributed by atoms with E-state index in [0.717, 1.165) is 92.1 Å². The fraction of sp³-hybridized carbons (Fsp3) is 0.436. The van der Waals surface area contributed by atoms with E-state index >= 15 is 0 Å².